The van der Waals surface area contributed by atoms with Gasteiger partial charge >= 0.3 is 0 Å². The van der Waals surface area contributed by atoms with Gasteiger partial charge in [-0.3, -0.25) is 4.90 Å². The summed E-state index contributed by atoms with van der Waals surface area (Å²) in [6.07, 6.45) is 2.78. The standard InChI is InChI=1S/C13H28N4/c1-15-5-2-13(3-6-15)12-17-10-8-16(7-4-14)9-11-17/h13H,2-12,14H2,1H3. The smallest absolute Gasteiger partial charge is 0.0110 e. The minimum atomic E-state index is 0.801. The van der Waals surface area contributed by atoms with Crippen LogP contribution in [0.2, 0.25) is 0 Å². The Bertz CT molecular complexity index is 205. The highest BCUT2D eigenvalue weighted by molar-refractivity contribution is 4.77. The van der Waals surface area contributed by atoms with E-state index in [0.717, 1.165) is 19.0 Å². The summed E-state index contributed by atoms with van der Waals surface area (Å²) in [5.41, 5.74) is 5.60. The number of rotatable bonds is 4. The Hall–Kier alpha value is -0.160. The number of hydrogen-bond donors (Lipinski definition) is 1. The molecular weight excluding hydrogens is 212 g/mol. The molecule has 0 saturated carbocycles. The van der Waals surface area contributed by atoms with Crippen molar-refractivity contribution in [3.63, 3.8) is 0 Å². The van der Waals surface area contributed by atoms with Gasteiger partial charge in [0.25, 0.3) is 0 Å². The van der Waals surface area contributed by atoms with Crippen molar-refractivity contribution in [1.29, 1.82) is 0 Å². The van der Waals surface area contributed by atoms with Crippen LogP contribution in [-0.4, -0.2) is 80.7 Å². The van der Waals surface area contributed by atoms with Crippen LogP contribution in [0.4, 0.5) is 0 Å². The normalized spacial score (nSPS) is 26.5. The highest BCUT2D eigenvalue weighted by Crippen LogP contribution is 2.17. The molecule has 4 nitrogen and oxygen atoms in total. The molecule has 0 atom stereocenters. The van der Waals surface area contributed by atoms with Crippen LogP contribution in [0.15, 0.2) is 0 Å². The molecule has 4 heteroatoms. The molecule has 0 unspecified atom stereocenters. The number of nitrogens with zero attached hydrogens (tertiary/aromatic N) is 3. The maximum absolute atomic E-state index is 5.60. The van der Waals surface area contributed by atoms with Crippen molar-refractivity contribution in [2.24, 2.45) is 11.7 Å². The van der Waals surface area contributed by atoms with Crippen molar-refractivity contribution in [2.75, 3.05) is 66.0 Å². The first kappa shape index (κ1) is 13.3. The van der Waals surface area contributed by atoms with Crippen molar-refractivity contribution in [3.05, 3.63) is 0 Å². The molecule has 2 aliphatic heterocycles. The fourth-order valence-electron chi connectivity index (χ4n) is 2.99. The maximum Gasteiger partial charge on any atom is 0.0110 e. The SMILES string of the molecule is CN1CCC(CN2CCN(CCN)CC2)CC1. The third-order valence-corrected chi connectivity index (χ3v) is 4.26. The zero-order valence-corrected chi connectivity index (χ0v) is 11.3. The Morgan fingerprint density at radius 2 is 1.53 bits per heavy atom. The molecule has 0 amide bonds. The van der Waals surface area contributed by atoms with E-state index in [1.54, 1.807) is 0 Å². The molecule has 17 heavy (non-hydrogen) atoms. The van der Waals surface area contributed by atoms with E-state index in [9.17, 15) is 0 Å². The second kappa shape index (κ2) is 6.69. The van der Waals surface area contributed by atoms with Crippen LogP contribution in [-0.2, 0) is 0 Å². The summed E-state index contributed by atoms with van der Waals surface area (Å²) < 4.78 is 0. The Labute approximate surface area is 106 Å². The van der Waals surface area contributed by atoms with Crippen LogP contribution >= 0.6 is 0 Å². The zero-order valence-electron chi connectivity index (χ0n) is 11.3. The quantitative estimate of drug-likeness (QED) is 0.745. The summed E-state index contributed by atoms with van der Waals surface area (Å²) in [4.78, 5) is 7.60. The third kappa shape index (κ3) is 4.21. The molecule has 0 aliphatic carbocycles. The lowest BCUT2D eigenvalue weighted by molar-refractivity contribution is 0.102. The summed E-state index contributed by atoms with van der Waals surface area (Å²) in [5, 5.41) is 0. The minimum absolute atomic E-state index is 0.801. The maximum atomic E-state index is 5.60. The molecule has 2 heterocycles. The van der Waals surface area contributed by atoms with Crippen LogP contribution in [0.1, 0.15) is 12.8 Å². The molecule has 0 aromatic carbocycles. The van der Waals surface area contributed by atoms with E-state index in [1.807, 2.05) is 0 Å². The van der Waals surface area contributed by atoms with E-state index < -0.39 is 0 Å². The molecule has 100 valence electrons. The summed E-state index contributed by atoms with van der Waals surface area (Å²) in [6.45, 7) is 10.7. The Morgan fingerprint density at radius 1 is 0.941 bits per heavy atom. The fourth-order valence-corrected chi connectivity index (χ4v) is 2.99. The van der Waals surface area contributed by atoms with Crippen molar-refractivity contribution in [1.82, 2.24) is 14.7 Å². The van der Waals surface area contributed by atoms with Gasteiger partial charge in [0.1, 0.15) is 0 Å². The van der Waals surface area contributed by atoms with E-state index in [4.69, 9.17) is 5.73 Å². The first-order valence-electron chi connectivity index (χ1n) is 7.11. The Morgan fingerprint density at radius 3 is 2.12 bits per heavy atom. The highest BCUT2D eigenvalue weighted by atomic mass is 15.3. The van der Waals surface area contributed by atoms with Crippen LogP contribution in [0.5, 0.6) is 0 Å². The molecule has 0 radical (unpaired) electrons. The number of likely N-dealkylation sites (tertiary alicyclic amines) is 1. The molecule has 2 rings (SSSR count). The van der Waals surface area contributed by atoms with Crippen molar-refractivity contribution in [3.8, 4) is 0 Å². The predicted octanol–water partition coefficient (Wildman–Crippen LogP) is -0.0955. The monoisotopic (exact) mass is 240 g/mol. The summed E-state index contributed by atoms with van der Waals surface area (Å²) in [7, 11) is 2.24. The Kier molecular flexibility index (Phi) is 5.22. The van der Waals surface area contributed by atoms with Crippen LogP contribution < -0.4 is 5.73 Å². The number of piperazine rings is 1. The molecular formula is C13H28N4. The topological polar surface area (TPSA) is 35.7 Å². The third-order valence-electron chi connectivity index (χ3n) is 4.26. The highest BCUT2D eigenvalue weighted by Gasteiger charge is 2.22. The second-order valence-electron chi connectivity index (χ2n) is 5.68. The second-order valence-corrected chi connectivity index (χ2v) is 5.68. The van der Waals surface area contributed by atoms with E-state index in [1.165, 1.54) is 58.7 Å². The van der Waals surface area contributed by atoms with Crippen molar-refractivity contribution in [2.45, 2.75) is 12.8 Å². The molecule has 2 saturated heterocycles. The number of hydrogen-bond acceptors (Lipinski definition) is 4. The van der Waals surface area contributed by atoms with Gasteiger partial charge in [-0.15, -0.1) is 0 Å². The van der Waals surface area contributed by atoms with Crippen LogP contribution in [0.3, 0.4) is 0 Å². The van der Waals surface area contributed by atoms with Gasteiger partial charge in [-0.2, -0.15) is 0 Å². The summed E-state index contributed by atoms with van der Waals surface area (Å²) >= 11 is 0. The van der Waals surface area contributed by atoms with Gasteiger partial charge in [0.2, 0.25) is 0 Å². The van der Waals surface area contributed by atoms with E-state index >= 15 is 0 Å². The zero-order chi connectivity index (χ0) is 12.1. The van der Waals surface area contributed by atoms with Gasteiger partial charge in [-0.25, -0.2) is 0 Å². The molecule has 2 fully saturated rings. The van der Waals surface area contributed by atoms with Crippen molar-refractivity contribution >= 4 is 0 Å². The average molecular weight is 240 g/mol. The molecule has 0 aromatic heterocycles. The largest absolute Gasteiger partial charge is 0.329 e. The first-order chi connectivity index (χ1) is 8.28. The first-order valence-corrected chi connectivity index (χ1v) is 7.11. The van der Waals surface area contributed by atoms with Gasteiger partial charge in [-0.1, -0.05) is 0 Å². The van der Waals surface area contributed by atoms with E-state index in [0.29, 0.717) is 0 Å². The van der Waals surface area contributed by atoms with Gasteiger partial charge in [-0.05, 0) is 38.9 Å². The predicted molar refractivity (Wildman–Crippen MR) is 72.2 cm³/mol. The Balaban J connectivity index is 1.64. The lowest BCUT2D eigenvalue weighted by Crippen LogP contribution is -2.49. The minimum Gasteiger partial charge on any atom is -0.329 e. The molecule has 2 aliphatic rings. The van der Waals surface area contributed by atoms with Gasteiger partial charge in [0, 0.05) is 45.8 Å². The van der Waals surface area contributed by atoms with Gasteiger partial charge < -0.3 is 15.5 Å². The van der Waals surface area contributed by atoms with Crippen molar-refractivity contribution < 1.29 is 0 Å². The molecule has 2 N–H and O–H groups in total. The molecule has 0 spiro atoms. The van der Waals surface area contributed by atoms with Gasteiger partial charge in [0.05, 0.1) is 0 Å². The van der Waals surface area contributed by atoms with Gasteiger partial charge in [0.15, 0.2) is 0 Å². The number of nitrogens with two attached hydrogens (primary N) is 1. The van der Waals surface area contributed by atoms with Crippen LogP contribution in [0, 0.1) is 5.92 Å². The number of piperidine rings is 1. The van der Waals surface area contributed by atoms with Crippen LogP contribution in [0.25, 0.3) is 0 Å². The average Bonchev–Trinajstić information content (AvgIpc) is 2.35. The summed E-state index contributed by atoms with van der Waals surface area (Å²) in [5.74, 6) is 0.937. The molecule has 0 bridgehead atoms. The fraction of sp³-hybridized carbons (Fsp3) is 1.00. The lowest BCUT2D eigenvalue weighted by Gasteiger charge is -2.38. The lowest BCUT2D eigenvalue weighted by atomic mass is 9.96. The van der Waals surface area contributed by atoms with E-state index in [2.05, 4.69) is 21.7 Å². The summed E-state index contributed by atoms with van der Waals surface area (Å²) in [6, 6.07) is 0. The molecule has 0 aromatic rings. The van der Waals surface area contributed by atoms with E-state index in [-0.39, 0.29) is 0 Å².